The first-order valence-electron chi connectivity index (χ1n) is 5.31. The first kappa shape index (κ1) is 9.72. The summed E-state index contributed by atoms with van der Waals surface area (Å²) in [7, 11) is 0. The second kappa shape index (κ2) is 3.52. The maximum Gasteiger partial charge on any atom is 0.316 e. The SMILES string of the molecule is NC(=O)Nc1ccc2c(c1)[nH]c1ccccc12. The van der Waals surface area contributed by atoms with E-state index in [1.807, 2.05) is 36.4 Å². The zero-order valence-electron chi connectivity index (χ0n) is 9.03. The highest BCUT2D eigenvalue weighted by Crippen LogP contribution is 2.27. The van der Waals surface area contributed by atoms with Gasteiger partial charge in [-0.1, -0.05) is 24.3 Å². The number of hydrogen-bond acceptors (Lipinski definition) is 1. The summed E-state index contributed by atoms with van der Waals surface area (Å²) in [6.45, 7) is 0. The number of urea groups is 1. The molecule has 1 heterocycles. The molecule has 17 heavy (non-hydrogen) atoms. The number of para-hydroxylation sites is 1. The van der Waals surface area contributed by atoms with Crippen LogP contribution in [0.1, 0.15) is 0 Å². The highest BCUT2D eigenvalue weighted by molar-refractivity contribution is 6.08. The van der Waals surface area contributed by atoms with Gasteiger partial charge in [0.15, 0.2) is 0 Å². The molecule has 0 spiro atoms. The standard InChI is InChI=1S/C13H11N3O/c14-13(17)15-8-5-6-10-9-3-1-2-4-11(9)16-12(10)7-8/h1-7,16H,(H3,14,15,17). The maximum atomic E-state index is 10.8. The molecule has 3 aromatic rings. The van der Waals surface area contributed by atoms with Crippen LogP contribution in [-0.4, -0.2) is 11.0 Å². The van der Waals surface area contributed by atoms with Gasteiger partial charge in [0.25, 0.3) is 0 Å². The van der Waals surface area contributed by atoms with E-state index in [2.05, 4.69) is 16.4 Å². The van der Waals surface area contributed by atoms with Crippen molar-refractivity contribution < 1.29 is 4.79 Å². The molecular formula is C13H11N3O. The lowest BCUT2D eigenvalue weighted by atomic mass is 10.1. The van der Waals surface area contributed by atoms with Crippen LogP contribution < -0.4 is 11.1 Å². The third kappa shape index (κ3) is 1.59. The number of nitrogens with two attached hydrogens (primary N) is 1. The lowest BCUT2D eigenvalue weighted by Gasteiger charge is -2.00. The zero-order chi connectivity index (χ0) is 11.8. The number of benzene rings is 2. The second-order valence-electron chi connectivity index (χ2n) is 3.92. The van der Waals surface area contributed by atoms with E-state index in [0.717, 1.165) is 16.4 Å². The number of aromatic amines is 1. The summed E-state index contributed by atoms with van der Waals surface area (Å²) in [5, 5.41) is 4.87. The van der Waals surface area contributed by atoms with Crippen LogP contribution in [0, 0.1) is 0 Å². The Balaban J connectivity index is 2.23. The molecular weight excluding hydrogens is 214 g/mol. The third-order valence-corrected chi connectivity index (χ3v) is 2.77. The van der Waals surface area contributed by atoms with E-state index in [1.54, 1.807) is 0 Å². The Morgan fingerprint density at radius 3 is 2.65 bits per heavy atom. The molecule has 0 atom stereocenters. The number of nitrogens with one attached hydrogen (secondary N) is 2. The molecule has 0 aliphatic rings. The highest BCUT2D eigenvalue weighted by Gasteiger charge is 2.04. The summed E-state index contributed by atoms with van der Waals surface area (Å²) in [6.07, 6.45) is 0. The minimum absolute atomic E-state index is 0.555. The predicted molar refractivity (Wildman–Crippen MR) is 69.0 cm³/mol. The number of hydrogen-bond donors (Lipinski definition) is 3. The monoisotopic (exact) mass is 225 g/mol. The number of carbonyl (C=O) groups excluding carboxylic acids is 1. The van der Waals surface area contributed by atoms with Crippen molar-refractivity contribution in [3.8, 4) is 0 Å². The van der Waals surface area contributed by atoms with E-state index in [-0.39, 0.29) is 0 Å². The summed E-state index contributed by atoms with van der Waals surface area (Å²) in [5.41, 5.74) is 7.84. The van der Waals surface area contributed by atoms with Crippen molar-refractivity contribution in [3.05, 3.63) is 42.5 Å². The van der Waals surface area contributed by atoms with Crippen molar-refractivity contribution in [3.63, 3.8) is 0 Å². The van der Waals surface area contributed by atoms with E-state index in [4.69, 9.17) is 5.73 Å². The molecule has 1 aromatic heterocycles. The van der Waals surface area contributed by atoms with Crippen molar-refractivity contribution >= 4 is 33.5 Å². The molecule has 0 aliphatic heterocycles. The van der Waals surface area contributed by atoms with Gasteiger partial charge in [-0.15, -0.1) is 0 Å². The van der Waals surface area contributed by atoms with Gasteiger partial charge in [-0.25, -0.2) is 4.79 Å². The Hall–Kier alpha value is -2.49. The summed E-state index contributed by atoms with van der Waals surface area (Å²) >= 11 is 0. The Morgan fingerprint density at radius 1 is 1.06 bits per heavy atom. The summed E-state index contributed by atoms with van der Waals surface area (Å²) < 4.78 is 0. The molecule has 0 unspecified atom stereocenters. The van der Waals surface area contributed by atoms with Crippen molar-refractivity contribution in [1.29, 1.82) is 0 Å². The van der Waals surface area contributed by atoms with E-state index < -0.39 is 6.03 Å². The number of amides is 2. The van der Waals surface area contributed by atoms with Crippen molar-refractivity contribution in [2.24, 2.45) is 5.73 Å². The fourth-order valence-corrected chi connectivity index (χ4v) is 2.07. The Labute approximate surface area is 97.4 Å². The van der Waals surface area contributed by atoms with Crippen molar-refractivity contribution in [2.45, 2.75) is 0 Å². The third-order valence-electron chi connectivity index (χ3n) is 2.77. The van der Waals surface area contributed by atoms with Crippen LogP contribution in [0.25, 0.3) is 21.8 Å². The van der Waals surface area contributed by atoms with Gasteiger partial charge in [0.1, 0.15) is 0 Å². The van der Waals surface area contributed by atoms with Gasteiger partial charge in [0.2, 0.25) is 0 Å². The van der Waals surface area contributed by atoms with Gasteiger partial charge in [-0.2, -0.15) is 0 Å². The van der Waals surface area contributed by atoms with E-state index >= 15 is 0 Å². The van der Waals surface area contributed by atoms with Crippen LogP contribution in [0.4, 0.5) is 10.5 Å². The van der Waals surface area contributed by atoms with Crippen LogP contribution in [0.3, 0.4) is 0 Å². The lowest BCUT2D eigenvalue weighted by molar-refractivity contribution is 0.259. The van der Waals surface area contributed by atoms with E-state index in [9.17, 15) is 4.79 Å². The van der Waals surface area contributed by atoms with Crippen LogP contribution in [-0.2, 0) is 0 Å². The first-order valence-corrected chi connectivity index (χ1v) is 5.31. The average molecular weight is 225 g/mol. The summed E-state index contributed by atoms with van der Waals surface area (Å²) in [6, 6.07) is 13.2. The molecule has 0 bridgehead atoms. The minimum Gasteiger partial charge on any atom is -0.354 e. The fraction of sp³-hybridized carbons (Fsp3) is 0. The zero-order valence-corrected chi connectivity index (χ0v) is 9.03. The van der Waals surface area contributed by atoms with Crippen LogP contribution in [0.2, 0.25) is 0 Å². The van der Waals surface area contributed by atoms with Crippen LogP contribution in [0.15, 0.2) is 42.5 Å². The lowest BCUT2D eigenvalue weighted by Crippen LogP contribution is -2.19. The van der Waals surface area contributed by atoms with Gasteiger partial charge in [0, 0.05) is 27.5 Å². The molecule has 2 aromatic carbocycles. The topological polar surface area (TPSA) is 70.9 Å². The van der Waals surface area contributed by atoms with Crippen LogP contribution >= 0.6 is 0 Å². The van der Waals surface area contributed by atoms with Gasteiger partial charge >= 0.3 is 6.03 Å². The van der Waals surface area contributed by atoms with Gasteiger partial charge < -0.3 is 16.0 Å². The second-order valence-corrected chi connectivity index (χ2v) is 3.92. The van der Waals surface area contributed by atoms with Crippen molar-refractivity contribution in [1.82, 2.24) is 4.98 Å². The van der Waals surface area contributed by atoms with E-state index in [0.29, 0.717) is 5.69 Å². The molecule has 0 fully saturated rings. The number of fused-ring (bicyclic) bond motifs is 3. The molecule has 2 amide bonds. The number of H-pyrrole nitrogens is 1. The Bertz CT molecular complexity index is 715. The molecule has 4 N–H and O–H groups in total. The molecule has 4 nitrogen and oxygen atoms in total. The number of carbonyl (C=O) groups is 1. The molecule has 0 aliphatic carbocycles. The maximum absolute atomic E-state index is 10.8. The minimum atomic E-state index is -0.555. The number of anilines is 1. The summed E-state index contributed by atoms with van der Waals surface area (Å²) in [4.78, 5) is 14.1. The molecule has 0 radical (unpaired) electrons. The number of aromatic nitrogens is 1. The molecule has 84 valence electrons. The summed E-state index contributed by atoms with van der Waals surface area (Å²) in [5.74, 6) is 0. The fourth-order valence-electron chi connectivity index (χ4n) is 2.07. The molecule has 4 heteroatoms. The number of rotatable bonds is 1. The largest absolute Gasteiger partial charge is 0.354 e. The predicted octanol–water partition coefficient (Wildman–Crippen LogP) is 2.81. The Kier molecular flexibility index (Phi) is 2.01. The Morgan fingerprint density at radius 2 is 1.82 bits per heavy atom. The normalized spacial score (nSPS) is 10.8. The highest BCUT2D eigenvalue weighted by atomic mass is 16.2. The molecule has 0 saturated carbocycles. The van der Waals surface area contributed by atoms with E-state index in [1.165, 1.54) is 5.39 Å². The first-order chi connectivity index (χ1) is 8.24. The average Bonchev–Trinajstić information content (AvgIpc) is 2.65. The quantitative estimate of drug-likeness (QED) is 0.585. The number of primary amides is 1. The smallest absolute Gasteiger partial charge is 0.316 e. The van der Waals surface area contributed by atoms with Crippen LogP contribution in [0.5, 0.6) is 0 Å². The molecule has 0 saturated heterocycles. The molecule has 3 rings (SSSR count). The van der Waals surface area contributed by atoms with Gasteiger partial charge in [-0.05, 0) is 18.2 Å². The van der Waals surface area contributed by atoms with Gasteiger partial charge in [0.05, 0.1) is 0 Å². The van der Waals surface area contributed by atoms with Crippen molar-refractivity contribution in [2.75, 3.05) is 5.32 Å². The van der Waals surface area contributed by atoms with Gasteiger partial charge in [-0.3, -0.25) is 0 Å².